The van der Waals surface area contributed by atoms with Gasteiger partial charge in [0.05, 0.1) is 12.1 Å². The molecule has 0 radical (unpaired) electrons. The lowest BCUT2D eigenvalue weighted by atomic mass is 9.79. The fourth-order valence-corrected chi connectivity index (χ4v) is 4.35. The number of piperidine rings is 1. The van der Waals surface area contributed by atoms with Crippen LogP contribution in [0.5, 0.6) is 0 Å². The van der Waals surface area contributed by atoms with Gasteiger partial charge in [0.2, 0.25) is 11.8 Å². The van der Waals surface area contributed by atoms with Crippen molar-refractivity contribution in [2.75, 3.05) is 0 Å². The lowest BCUT2D eigenvalue weighted by Crippen LogP contribution is -2.59. The quantitative estimate of drug-likeness (QED) is 0.926. The summed E-state index contributed by atoms with van der Waals surface area (Å²) in [5.41, 5.74) is 2.27. The van der Waals surface area contributed by atoms with E-state index in [2.05, 4.69) is 29.6 Å². The number of benzene rings is 2. The third kappa shape index (κ3) is 3.36. The zero-order valence-electron chi connectivity index (χ0n) is 14.8. The van der Waals surface area contributed by atoms with Crippen molar-refractivity contribution in [2.24, 2.45) is 0 Å². The van der Waals surface area contributed by atoms with Crippen LogP contribution in [0.2, 0.25) is 0 Å². The SMILES string of the molecule is O=C1CCC[C@@H]2[C@H](N1)[C@@H](c1ccccc1)CC(=O)N2Cc1ccccc1. The minimum Gasteiger partial charge on any atom is -0.351 e. The molecule has 26 heavy (non-hydrogen) atoms. The van der Waals surface area contributed by atoms with Gasteiger partial charge >= 0.3 is 0 Å². The van der Waals surface area contributed by atoms with Crippen LogP contribution in [0.1, 0.15) is 42.7 Å². The second-order valence-corrected chi connectivity index (χ2v) is 7.28. The van der Waals surface area contributed by atoms with Gasteiger partial charge in [0, 0.05) is 25.3 Å². The summed E-state index contributed by atoms with van der Waals surface area (Å²) in [7, 11) is 0. The van der Waals surface area contributed by atoms with E-state index in [1.54, 1.807) is 0 Å². The molecule has 2 heterocycles. The topological polar surface area (TPSA) is 49.4 Å². The molecule has 0 saturated carbocycles. The number of rotatable bonds is 3. The number of hydrogen-bond donors (Lipinski definition) is 1. The van der Waals surface area contributed by atoms with Crippen LogP contribution in [-0.4, -0.2) is 28.8 Å². The van der Waals surface area contributed by atoms with Crippen molar-refractivity contribution in [3.63, 3.8) is 0 Å². The first-order valence-corrected chi connectivity index (χ1v) is 9.40. The summed E-state index contributed by atoms with van der Waals surface area (Å²) < 4.78 is 0. The lowest BCUT2D eigenvalue weighted by molar-refractivity contribution is -0.140. The molecule has 2 aromatic rings. The molecule has 0 aliphatic carbocycles. The molecule has 3 atom stereocenters. The van der Waals surface area contributed by atoms with E-state index in [0.29, 0.717) is 19.4 Å². The Morgan fingerprint density at radius 3 is 2.38 bits per heavy atom. The maximum absolute atomic E-state index is 13.0. The third-order valence-corrected chi connectivity index (χ3v) is 5.62. The first-order chi connectivity index (χ1) is 12.7. The van der Waals surface area contributed by atoms with Crippen LogP contribution in [0.25, 0.3) is 0 Å². The molecule has 2 saturated heterocycles. The smallest absolute Gasteiger partial charge is 0.223 e. The van der Waals surface area contributed by atoms with Gasteiger partial charge < -0.3 is 10.2 Å². The highest BCUT2D eigenvalue weighted by atomic mass is 16.2. The number of hydrogen-bond acceptors (Lipinski definition) is 2. The van der Waals surface area contributed by atoms with Gasteiger partial charge in [-0.2, -0.15) is 0 Å². The Morgan fingerprint density at radius 1 is 0.962 bits per heavy atom. The highest BCUT2D eigenvalue weighted by Gasteiger charge is 2.44. The zero-order chi connectivity index (χ0) is 17.9. The van der Waals surface area contributed by atoms with Crippen LogP contribution in [0.15, 0.2) is 60.7 Å². The van der Waals surface area contributed by atoms with E-state index in [1.807, 2.05) is 41.3 Å². The largest absolute Gasteiger partial charge is 0.351 e. The van der Waals surface area contributed by atoms with Gasteiger partial charge in [-0.15, -0.1) is 0 Å². The van der Waals surface area contributed by atoms with Crippen molar-refractivity contribution >= 4 is 11.8 Å². The van der Waals surface area contributed by atoms with Crippen LogP contribution in [0.4, 0.5) is 0 Å². The molecule has 4 heteroatoms. The van der Waals surface area contributed by atoms with Gasteiger partial charge in [0.15, 0.2) is 0 Å². The first kappa shape index (κ1) is 16.8. The molecule has 2 aliphatic heterocycles. The molecule has 2 amide bonds. The van der Waals surface area contributed by atoms with E-state index in [9.17, 15) is 9.59 Å². The Balaban J connectivity index is 1.66. The number of nitrogens with zero attached hydrogens (tertiary/aromatic N) is 1. The Morgan fingerprint density at radius 2 is 1.65 bits per heavy atom. The zero-order valence-corrected chi connectivity index (χ0v) is 14.8. The van der Waals surface area contributed by atoms with Crippen LogP contribution in [0.3, 0.4) is 0 Å². The normalized spacial score (nSPS) is 26.0. The minimum atomic E-state index is -0.0196. The highest BCUT2D eigenvalue weighted by Crippen LogP contribution is 2.36. The number of nitrogens with one attached hydrogen (secondary N) is 1. The van der Waals surface area contributed by atoms with E-state index in [-0.39, 0.29) is 29.8 Å². The average Bonchev–Trinajstić information content (AvgIpc) is 2.87. The summed E-state index contributed by atoms with van der Waals surface area (Å²) in [5.74, 6) is 0.329. The Hall–Kier alpha value is -2.62. The van der Waals surface area contributed by atoms with Crippen LogP contribution in [-0.2, 0) is 16.1 Å². The standard InChI is InChI=1S/C22H24N2O2/c25-20-13-7-12-19-22(23-20)18(17-10-5-2-6-11-17)14-21(26)24(19)15-16-8-3-1-4-9-16/h1-6,8-11,18-19,22H,7,12-15H2,(H,23,25)/t18-,19-,22-/m1/s1. The maximum Gasteiger partial charge on any atom is 0.223 e. The Labute approximate surface area is 154 Å². The summed E-state index contributed by atoms with van der Waals surface area (Å²) in [5, 5.41) is 3.23. The number of carbonyl (C=O) groups excluding carboxylic acids is 2. The van der Waals surface area contributed by atoms with Crippen molar-refractivity contribution in [3.8, 4) is 0 Å². The third-order valence-electron chi connectivity index (χ3n) is 5.62. The molecule has 0 spiro atoms. The van der Waals surface area contributed by atoms with E-state index in [4.69, 9.17) is 0 Å². The van der Waals surface area contributed by atoms with E-state index in [0.717, 1.165) is 24.0 Å². The summed E-state index contributed by atoms with van der Waals surface area (Å²) >= 11 is 0. The van der Waals surface area contributed by atoms with E-state index >= 15 is 0 Å². The van der Waals surface area contributed by atoms with Crippen molar-refractivity contribution in [1.82, 2.24) is 10.2 Å². The van der Waals surface area contributed by atoms with Crippen molar-refractivity contribution < 1.29 is 9.59 Å². The Bertz CT molecular complexity index is 775. The summed E-state index contributed by atoms with van der Waals surface area (Å²) in [6.45, 7) is 0.609. The molecular formula is C22H24N2O2. The lowest BCUT2D eigenvalue weighted by Gasteiger charge is -2.45. The second kappa shape index (κ2) is 7.32. The van der Waals surface area contributed by atoms with Gasteiger partial charge in [-0.05, 0) is 24.0 Å². The fraction of sp³-hybridized carbons (Fsp3) is 0.364. The van der Waals surface area contributed by atoms with Crippen LogP contribution >= 0.6 is 0 Å². The first-order valence-electron chi connectivity index (χ1n) is 9.40. The molecule has 2 aromatic carbocycles. The van der Waals surface area contributed by atoms with Gasteiger partial charge in [-0.25, -0.2) is 0 Å². The maximum atomic E-state index is 13.0. The van der Waals surface area contributed by atoms with Crippen molar-refractivity contribution in [3.05, 3.63) is 71.8 Å². The molecule has 1 N–H and O–H groups in total. The molecule has 134 valence electrons. The average molecular weight is 348 g/mol. The van der Waals surface area contributed by atoms with Gasteiger partial charge in [0.25, 0.3) is 0 Å². The van der Waals surface area contributed by atoms with E-state index < -0.39 is 0 Å². The van der Waals surface area contributed by atoms with Gasteiger partial charge in [-0.1, -0.05) is 60.7 Å². The van der Waals surface area contributed by atoms with Crippen molar-refractivity contribution in [2.45, 2.75) is 50.2 Å². The molecule has 2 fully saturated rings. The summed E-state index contributed by atoms with van der Waals surface area (Å²) in [6, 6.07) is 20.3. The van der Waals surface area contributed by atoms with Crippen LogP contribution < -0.4 is 5.32 Å². The Kier molecular flexibility index (Phi) is 4.74. The second-order valence-electron chi connectivity index (χ2n) is 7.28. The molecular weight excluding hydrogens is 324 g/mol. The molecule has 0 unspecified atom stereocenters. The minimum absolute atomic E-state index is 0.0196. The number of carbonyl (C=O) groups is 2. The fourth-order valence-electron chi connectivity index (χ4n) is 4.35. The molecule has 4 nitrogen and oxygen atoms in total. The number of likely N-dealkylation sites (tertiary alicyclic amines) is 1. The number of fused-ring (bicyclic) bond motifs is 1. The van der Waals surface area contributed by atoms with Gasteiger partial charge in [-0.3, -0.25) is 9.59 Å². The summed E-state index contributed by atoms with van der Waals surface area (Å²) in [4.78, 5) is 27.3. The predicted molar refractivity (Wildman–Crippen MR) is 100 cm³/mol. The monoisotopic (exact) mass is 348 g/mol. The predicted octanol–water partition coefficient (Wildman–Crippen LogP) is 3.24. The van der Waals surface area contributed by atoms with Crippen molar-refractivity contribution in [1.29, 1.82) is 0 Å². The molecule has 4 rings (SSSR count). The highest BCUT2D eigenvalue weighted by molar-refractivity contribution is 5.81. The molecule has 0 bridgehead atoms. The molecule has 0 aromatic heterocycles. The van der Waals surface area contributed by atoms with Crippen LogP contribution in [0, 0.1) is 0 Å². The van der Waals surface area contributed by atoms with Gasteiger partial charge in [0.1, 0.15) is 0 Å². The molecule has 2 aliphatic rings. The number of amides is 2. The summed E-state index contributed by atoms with van der Waals surface area (Å²) in [6.07, 6.45) is 2.68. The van der Waals surface area contributed by atoms with E-state index in [1.165, 1.54) is 0 Å².